The predicted octanol–water partition coefficient (Wildman–Crippen LogP) is 0.250. The van der Waals surface area contributed by atoms with Gasteiger partial charge in [0, 0.05) is 26.2 Å². The van der Waals surface area contributed by atoms with Crippen molar-refractivity contribution >= 4 is 11.7 Å². The molecule has 8 heteroatoms. The highest BCUT2D eigenvalue weighted by Crippen LogP contribution is 2.26. The van der Waals surface area contributed by atoms with E-state index in [0.717, 1.165) is 49.2 Å². The first-order valence-electron chi connectivity index (χ1n) is 7.99. The number of nitrogens with zero attached hydrogens (tertiary/aromatic N) is 7. The summed E-state index contributed by atoms with van der Waals surface area (Å²) in [5.74, 6) is 2.80. The first-order chi connectivity index (χ1) is 11.0. The van der Waals surface area contributed by atoms with Crippen LogP contribution < -0.4 is 4.90 Å². The summed E-state index contributed by atoms with van der Waals surface area (Å²) in [6.07, 6.45) is 0.843. The minimum atomic E-state index is -0.0732. The van der Waals surface area contributed by atoms with E-state index >= 15 is 0 Å². The maximum Gasteiger partial charge on any atom is 0.245 e. The molecule has 2 aliphatic heterocycles. The quantitative estimate of drug-likeness (QED) is 0.794. The molecule has 0 bridgehead atoms. The summed E-state index contributed by atoms with van der Waals surface area (Å²) >= 11 is 0. The van der Waals surface area contributed by atoms with Gasteiger partial charge in [0.2, 0.25) is 5.91 Å². The third-order valence-corrected chi connectivity index (χ3v) is 4.67. The lowest BCUT2D eigenvalue weighted by atomic mass is 10.2. The van der Waals surface area contributed by atoms with E-state index in [1.165, 1.54) is 0 Å². The van der Waals surface area contributed by atoms with Crippen molar-refractivity contribution in [2.24, 2.45) is 7.05 Å². The van der Waals surface area contributed by atoms with Gasteiger partial charge in [0.25, 0.3) is 0 Å². The number of rotatable bonds is 2. The molecule has 4 heterocycles. The fourth-order valence-electron chi connectivity index (χ4n) is 3.63. The number of aryl methyl sites for hydroxylation is 3. The third kappa shape index (κ3) is 2.33. The molecule has 1 amide bonds. The van der Waals surface area contributed by atoms with E-state index < -0.39 is 0 Å². The third-order valence-electron chi connectivity index (χ3n) is 4.67. The number of anilines is 1. The van der Waals surface area contributed by atoms with E-state index in [1.807, 2.05) is 36.5 Å². The Bertz CT molecular complexity index is 762. The molecule has 0 aromatic carbocycles. The molecule has 1 unspecified atom stereocenters. The molecule has 0 radical (unpaired) electrons. The molecule has 4 rings (SSSR count). The summed E-state index contributed by atoms with van der Waals surface area (Å²) in [6.45, 7) is 6.92. The van der Waals surface area contributed by atoms with Crippen LogP contribution in [-0.2, 0) is 24.9 Å². The van der Waals surface area contributed by atoms with Crippen LogP contribution in [0.3, 0.4) is 0 Å². The number of fused-ring (bicyclic) bond motifs is 1. The zero-order valence-electron chi connectivity index (χ0n) is 13.7. The molecule has 1 fully saturated rings. The number of hydrogen-bond donors (Lipinski definition) is 0. The van der Waals surface area contributed by atoms with Gasteiger partial charge in [-0.3, -0.25) is 19.3 Å². The van der Waals surface area contributed by atoms with Crippen molar-refractivity contribution in [3.63, 3.8) is 0 Å². The molecule has 2 aliphatic rings. The maximum absolute atomic E-state index is 12.9. The zero-order valence-corrected chi connectivity index (χ0v) is 13.7. The maximum atomic E-state index is 12.9. The van der Waals surface area contributed by atoms with E-state index in [9.17, 15) is 4.79 Å². The Balaban J connectivity index is 1.53. The molecule has 1 atom stereocenters. The van der Waals surface area contributed by atoms with Crippen LogP contribution in [0.1, 0.15) is 23.8 Å². The SMILES string of the molecule is Cc1cc(N2CCC(N3CCn4nc(C)nc4C3)C2=O)n(C)n1. The van der Waals surface area contributed by atoms with Gasteiger partial charge in [0.1, 0.15) is 17.5 Å². The standard InChI is InChI=1S/C15H21N7O/c1-10-8-14(19(3)17-10)21-5-4-12(15(21)23)20-6-7-22-13(9-20)16-11(2)18-22/h8,12H,4-7,9H2,1-3H3. The van der Waals surface area contributed by atoms with Gasteiger partial charge in [-0.2, -0.15) is 10.2 Å². The van der Waals surface area contributed by atoms with Gasteiger partial charge >= 0.3 is 0 Å². The molecule has 2 aromatic rings. The normalized spacial score (nSPS) is 22.0. The predicted molar refractivity (Wildman–Crippen MR) is 83.9 cm³/mol. The molecule has 23 heavy (non-hydrogen) atoms. The summed E-state index contributed by atoms with van der Waals surface area (Å²) < 4.78 is 3.74. The molecule has 2 aromatic heterocycles. The van der Waals surface area contributed by atoms with Crippen LogP contribution in [0.15, 0.2) is 6.07 Å². The second-order valence-corrected chi connectivity index (χ2v) is 6.33. The lowest BCUT2D eigenvalue weighted by molar-refractivity contribution is -0.122. The average molecular weight is 315 g/mol. The summed E-state index contributed by atoms with van der Waals surface area (Å²) in [6, 6.07) is 1.90. The van der Waals surface area contributed by atoms with Gasteiger partial charge in [0.05, 0.1) is 24.8 Å². The Kier molecular flexibility index (Phi) is 3.22. The van der Waals surface area contributed by atoms with Gasteiger partial charge in [0.15, 0.2) is 0 Å². The highest BCUT2D eigenvalue weighted by Gasteiger charge is 2.39. The highest BCUT2D eigenvalue weighted by molar-refractivity contribution is 5.98. The first-order valence-corrected chi connectivity index (χ1v) is 7.99. The Morgan fingerprint density at radius 1 is 1.17 bits per heavy atom. The smallest absolute Gasteiger partial charge is 0.245 e. The van der Waals surface area contributed by atoms with Crippen LogP contribution in [0.4, 0.5) is 5.82 Å². The molecular weight excluding hydrogens is 294 g/mol. The Labute approximate surface area is 134 Å². The summed E-state index contributed by atoms with van der Waals surface area (Å²) in [5, 5.41) is 8.73. The number of carbonyl (C=O) groups is 1. The molecule has 122 valence electrons. The number of carbonyl (C=O) groups excluding carboxylic acids is 1. The van der Waals surface area contributed by atoms with E-state index in [4.69, 9.17) is 0 Å². The van der Waals surface area contributed by atoms with Crippen molar-refractivity contribution in [1.29, 1.82) is 0 Å². The van der Waals surface area contributed by atoms with E-state index in [2.05, 4.69) is 20.1 Å². The minimum Gasteiger partial charge on any atom is -0.296 e. The van der Waals surface area contributed by atoms with Crippen LogP contribution >= 0.6 is 0 Å². The van der Waals surface area contributed by atoms with E-state index in [-0.39, 0.29) is 11.9 Å². The Hall–Kier alpha value is -2.22. The number of hydrogen-bond acceptors (Lipinski definition) is 5. The molecule has 1 saturated heterocycles. The molecule has 8 nitrogen and oxygen atoms in total. The number of amides is 1. The monoisotopic (exact) mass is 315 g/mol. The molecule has 0 aliphatic carbocycles. The summed E-state index contributed by atoms with van der Waals surface area (Å²) in [5.41, 5.74) is 0.931. The van der Waals surface area contributed by atoms with Crippen molar-refractivity contribution in [3.05, 3.63) is 23.4 Å². The molecule has 0 saturated carbocycles. The minimum absolute atomic E-state index is 0.0732. The largest absolute Gasteiger partial charge is 0.296 e. The van der Waals surface area contributed by atoms with Crippen molar-refractivity contribution < 1.29 is 4.79 Å². The second-order valence-electron chi connectivity index (χ2n) is 6.33. The van der Waals surface area contributed by atoms with Crippen molar-refractivity contribution in [2.75, 3.05) is 18.0 Å². The average Bonchev–Trinajstić information content (AvgIpc) is 3.14. The van der Waals surface area contributed by atoms with Gasteiger partial charge < -0.3 is 0 Å². The molecular formula is C15H21N7O. The summed E-state index contributed by atoms with van der Waals surface area (Å²) in [7, 11) is 1.88. The van der Waals surface area contributed by atoms with E-state index in [1.54, 1.807) is 4.68 Å². The van der Waals surface area contributed by atoms with Gasteiger partial charge in [-0.15, -0.1) is 0 Å². The van der Waals surface area contributed by atoms with Crippen molar-refractivity contribution in [3.8, 4) is 0 Å². The lowest BCUT2D eigenvalue weighted by Crippen LogP contribution is -2.46. The van der Waals surface area contributed by atoms with Crippen molar-refractivity contribution in [1.82, 2.24) is 29.4 Å². The summed E-state index contributed by atoms with van der Waals surface area (Å²) in [4.78, 5) is 21.4. The van der Waals surface area contributed by atoms with Gasteiger partial charge in [-0.05, 0) is 20.3 Å². The van der Waals surface area contributed by atoms with Crippen LogP contribution in [0, 0.1) is 13.8 Å². The van der Waals surface area contributed by atoms with Crippen LogP contribution in [0.2, 0.25) is 0 Å². The second kappa shape index (κ2) is 5.16. The van der Waals surface area contributed by atoms with E-state index in [0.29, 0.717) is 6.54 Å². The van der Waals surface area contributed by atoms with Gasteiger partial charge in [-0.1, -0.05) is 0 Å². The van der Waals surface area contributed by atoms with Crippen LogP contribution in [-0.4, -0.2) is 54.5 Å². The Morgan fingerprint density at radius 3 is 2.74 bits per heavy atom. The van der Waals surface area contributed by atoms with Crippen LogP contribution in [0.5, 0.6) is 0 Å². The Morgan fingerprint density at radius 2 is 2.00 bits per heavy atom. The topological polar surface area (TPSA) is 72.1 Å². The molecule has 0 N–H and O–H groups in total. The van der Waals surface area contributed by atoms with Crippen LogP contribution in [0.25, 0.3) is 0 Å². The lowest BCUT2D eigenvalue weighted by Gasteiger charge is -2.30. The van der Waals surface area contributed by atoms with Crippen molar-refractivity contribution in [2.45, 2.75) is 39.4 Å². The highest BCUT2D eigenvalue weighted by atomic mass is 16.2. The van der Waals surface area contributed by atoms with Gasteiger partial charge in [-0.25, -0.2) is 9.67 Å². The fraction of sp³-hybridized carbons (Fsp3) is 0.600. The zero-order chi connectivity index (χ0) is 16.1. The molecule has 0 spiro atoms. The fourth-order valence-corrected chi connectivity index (χ4v) is 3.63. The first kappa shape index (κ1) is 14.4. The number of aromatic nitrogens is 5.